The van der Waals surface area contributed by atoms with E-state index in [1.165, 1.54) is 0 Å². The largest absolute Gasteiger partial charge is 0.444 e. The van der Waals surface area contributed by atoms with E-state index in [2.05, 4.69) is 0 Å². The summed E-state index contributed by atoms with van der Waals surface area (Å²) < 4.78 is 16.7. The van der Waals surface area contributed by atoms with E-state index in [1.807, 2.05) is 25.7 Å². The fourth-order valence-electron chi connectivity index (χ4n) is 2.66. The summed E-state index contributed by atoms with van der Waals surface area (Å²) in [5.74, 6) is 0. The van der Waals surface area contributed by atoms with Crippen LogP contribution in [0.5, 0.6) is 0 Å². The molecule has 116 valence electrons. The summed E-state index contributed by atoms with van der Waals surface area (Å²) in [4.78, 5) is 14.0. The number of rotatable bonds is 3. The van der Waals surface area contributed by atoms with Gasteiger partial charge in [0.2, 0.25) is 0 Å². The summed E-state index contributed by atoms with van der Waals surface area (Å²) in [5.41, 5.74) is -0.439. The lowest BCUT2D eigenvalue weighted by molar-refractivity contribution is -0.0485. The first kappa shape index (κ1) is 15.6. The van der Waals surface area contributed by atoms with Gasteiger partial charge in [-0.1, -0.05) is 0 Å². The monoisotopic (exact) mass is 285 g/mol. The quantitative estimate of drug-likeness (QED) is 0.799. The molecule has 5 heteroatoms. The lowest BCUT2D eigenvalue weighted by Gasteiger charge is -2.30. The highest BCUT2D eigenvalue weighted by molar-refractivity contribution is 5.68. The van der Waals surface area contributed by atoms with Gasteiger partial charge in [0.15, 0.2) is 0 Å². The molecule has 0 N–H and O–H groups in total. The number of carbonyl (C=O) groups is 1. The van der Waals surface area contributed by atoms with Crippen LogP contribution in [-0.4, -0.2) is 55.1 Å². The third-order valence-electron chi connectivity index (χ3n) is 3.70. The van der Waals surface area contributed by atoms with Crippen molar-refractivity contribution in [3.63, 3.8) is 0 Å². The molecule has 0 radical (unpaired) electrons. The predicted octanol–water partition coefficient (Wildman–Crippen LogP) is 2.58. The summed E-state index contributed by atoms with van der Waals surface area (Å²) in [6.07, 6.45) is 4.02. The Bertz CT molecular complexity index is 320. The topological polar surface area (TPSA) is 48.0 Å². The van der Waals surface area contributed by atoms with Crippen LogP contribution in [0.25, 0.3) is 0 Å². The SMILES string of the molecule is CC(C)(C)OC(=O)N1CCC[C@H]1COC1CCOCC1. The van der Waals surface area contributed by atoms with Gasteiger partial charge in [-0.25, -0.2) is 4.79 Å². The van der Waals surface area contributed by atoms with Crippen molar-refractivity contribution in [3.05, 3.63) is 0 Å². The third-order valence-corrected chi connectivity index (χ3v) is 3.70. The lowest BCUT2D eigenvalue weighted by Crippen LogP contribution is -2.42. The first-order valence-electron chi connectivity index (χ1n) is 7.65. The van der Waals surface area contributed by atoms with Crippen molar-refractivity contribution in [2.75, 3.05) is 26.4 Å². The van der Waals surface area contributed by atoms with E-state index in [-0.39, 0.29) is 18.2 Å². The van der Waals surface area contributed by atoms with Gasteiger partial charge in [0.25, 0.3) is 0 Å². The minimum absolute atomic E-state index is 0.160. The molecule has 0 aromatic carbocycles. The van der Waals surface area contributed by atoms with E-state index in [0.717, 1.165) is 45.4 Å². The molecule has 2 rings (SSSR count). The summed E-state index contributed by atoms with van der Waals surface area (Å²) in [5, 5.41) is 0. The Morgan fingerprint density at radius 1 is 1.25 bits per heavy atom. The fourth-order valence-corrected chi connectivity index (χ4v) is 2.66. The molecule has 0 aromatic heterocycles. The van der Waals surface area contributed by atoms with Gasteiger partial charge in [0.05, 0.1) is 18.8 Å². The first-order chi connectivity index (χ1) is 9.46. The molecule has 2 heterocycles. The molecule has 20 heavy (non-hydrogen) atoms. The zero-order valence-corrected chi connectivity index (χ0v) is 12.9. The Hall–Kier alpha value is -0.810. The molecule has 1 atom stereocenters. The average Bonchev–Trinajstić information content (AvgIpc) is 2.84. The number of carbonyl (C=O) groups excluding carboxylic acids is 1. The number of likely N-dealkylation sites (tertiary alicyclic amines) is 1. The van der Waals surface area contributed by atoms with E-state index in [1.54, 1.807) is 0 Å². The van der Waals surface area contributed by atoms with Gasteiger partial charge in [-0.2, -0.15) is 0 Å². The third kappa shape index (κ3) is 4.63. The van der Waals surface area contributed by atoms with Crippen molar-refractivity contribution in [1.82, 2.24) is 4.90 Å². The van der Waals surface area contributed by atoms with Gasteiger partial charge in [-0.3, -0.25) is 0 Å². The highest BCUT2D eigenvalue weighted by atomic mass is 16.6. The Morgan fingerprint density at radius 3 is 2.60 bits per heavy atom. The molecule has 1 amide bonds. The first-order valence-corrected chi connectivity index (χ1v) is 7.65. The molecule has 0 unspecified atom stereocenters. The van der Waals surface area contributed by atoms with E-state index >= 15 is 0 Å². The van der Waals surface area contributed by atoms with E-state index in [9.17, 15) is 4.79 Å². The molecular weight excluding hydrogens is 258 g/mol. The predicted molar refractivity (Wildman–Crippen MR) is 75.8 cm³/mol. The van der Waals surface area contributed by atoms with Crippen LogP contribution in [0.1, 0.15) is 46.5 Å². The second kappa shape index (κ2) is 6.76. The molecule has 5 nitrogen and oxygen atoms in total. The summed E-state index contributed by atoms with van der Waals surface area (Å²) in [6, 6.07) is 0.160. The van der Waals surface area contributed by atoms with Crippen LogP contribution in [0.2, 0.25) is 0 Å². The number of nitrogens with zero attached hydrogens (tertiary/aromatic N) is 1. The van der Waals surface area contributed by atoms with E-state index < -0.39 is 5.60 Å². The van der Waals surface area contributed by atoms with Gasteiger partial charge >= 0.3 is 6.09 Å². The molecule has 0 spiro atoms. The number of amides is 1. The molecule has 0 saturated carbocycles. The summed E-state index contributed by atoms with van der Waals surface area (Å²) in [7, 11) is 0. The number of ether oxygens (including phenoxy) is 3. The van der Waals surface area contributed by atoms with Crippen LogP contribution in [0.3, 0.4) is 0 Å². The summed E-state index contributed by atoms with van der Waals surface area (Å²) in [6.45, 7) is 8.65. The maximum absolute atomic E-state index is 12.2. The zero-order valence-electron chi connectivity index (χ0n) is 12.9. The maximum atomic E-state index is 12.2. The van der Waals surface area contributed by atoms with Gasteiger partial charge in [0.1, 0.15) is 5.60 Å². The molecule has 2 saturated heterocycles. The standard InChI is InChI=1S/C15H27NO4/c1-15(2,3)20-14(17)16-8-4-5-12(16)11-19-13-6-9-18-10-7-13/h12-13H,4-11H2,1-3H3/t12-/m0/s1. The maximum Gasteiger partial charge on any atom is 0.410 e. The number of hydrogen-bond acceptors (Lipinski definition) is 4. The Kier molecular flexibility index (Phi) is 5.27. The van der Waals surface area contributed by atoms with Crippen LogP contribution in [-0.2, 0) is 14.2 Å². The fraction of sp³-hybridized carbons (Fsp3) is 0.933. The van der Waals surface area contributed by atoms with Gasteiger partial charge in [-0.15, -0.1) is 0 Å². The molecule has 2 aliphatic rings. The van der Waals surface area contributed by atoms with Crippen molar-refractivity contribution in [1.29, 1.82) is 0 Å². The van der Waals surface area contributed by atoms with Gasteiger partial charge in [-0.05, 0) is 46.5 Å². The van der Waals surface area contributed by atoms with Gasteiger partial charge < -0.3 is 19.1 Å². The average molecular weight is 285 g/mol. The second-order valence-electron chi connectivity index (χ2n) is 6.61. The minimum atomic E-state index is -0.439. The van der Waals surface area contributed by atoms with Crippen molar-refractivity contribution < 1.29 is 19.0 Å². The van der Waals surface area contributed by atoms with Crippen LogP contribution in [0.4, 0.5) is 4.79 Å². The molecule has 0 aliphatic carbocycles. The molecule has 0 aromatic rings. The van der Waals surface area contributed by atoms with Crippen molar-refractivity contribution in [2.24, 2.45) is 0 Å². The van der Waals surface area contributed by atoms with Crippen molar-refractivity contribution >= 4 is 6.09 Å². The Labute approximate surface area is 121 Å². The highest BCUT2D eigenvalue weighted by Crippen LogP contribution is 2.22. The number of hydrogen-bond donors (Lipinski definition) is 0. The Morgan fingerprint density at radius 2 is 1.95 bits per heavy atom. The normalized spacial score (nSPS) is 24.9. The molecule has 0 bridgehead atoms. The lowest BCUT2D eigenvalue weighted by atomic mass is 10.1. The van der Waals surface area contributed by atoms with Gasteiger partial charge in [0, 0.05) is 19.8 Å². The van der Waals surface area contributed by atoms with Crippen LogP contribution >= 0.6 is 0 Å². The minimum Gasteiger partial charge on any atom is -0.444 e. The van der Waals surface area contributed by atoms with E-state index in [0.29, 0.717) is 6.61 Å². The smallest absolute Gasteiger partial charge is 0.410 e. The zero-order chi connectivity index (χ0) is 14.6. The van der Waals surface area contributed by atoms with Crippen LogP contribution < -0.4 is 0 Å². The van der Waals surface area contributed by atoms with Crippen molar-refractivity contribution in [2.45, 2.75) is 64.2 Å². The molecule has 2 fully saturated rings. The summed E-state index contributed by atoms with van der Waals surface area (Å²) >= 11 is 0. The molecular formula is C15H27NO4. The van der Waals surface area contributed by atoms with Crippen LogP contribution in [0, 0.1) is 0 Å². The Balaban J connectivity index is 1.79. The van der Waals surface area contributed by atoms with E-state index in [4.69, 9.17) is 14.2 Å². The second-order valence-corrected chi connectivity index (χ2v) is 6.61. The van der Waals surface area contributed by atoms with Crippen molar-refractivity contribution in [3.8, 4) is 0 Å². The highest BCUT2D eigenvalue weighted by Gasteiger charge is 2.32. The molecule has 2 aliphatic heterocycles. The van der Waals surface area contributed by atoms with Crippen LogP contribution in [0.15, 0.2) is 0 Å².